The van der Waals surface area contributed by atoms with Gasteiger partial charge >= 0.3 is 5.97 Å². The zero-order valence-electron chi connectivity index (χ0n) is 19.8. The smallest absolute Gasteiger partial charge is 0.333 e. The highest BCUT2D eigenvalue weighted by Crippen LogP contribution is 2.23. The lowest BCUT2D eigenvalue weighted by atomic mass is 10.0. The van der Waals surface area contributed by atoms with Crippen LogP contribution in [-0.4, -0.2) is 47.7 Å². The van der Waals surface area contributed by atoms with Crippen LogP contribution in [0.1, 0.15) is 25.0 Å². The average Bonchev–Trinajstić information content (AvgIpc) is 2.86. The summed E-state index contributed by atoms with van der Waals surface area (Å²) in [7, 11) is 0. The molecule has 0 amide bonds. The molecule has 0 saturated carbocycles. The van der Waals surface area contributed by atoms with Gasteiger partial charge in [-0.15, -0.1) is 0 Å². The second-order valence-electron chi connectivity index (χ2n) is 8.35. The van der Waals surface area contributed by atoms with Gasteiger partial charge in [-0.2, -0.15) is 5.26 Å². The molecule has 7 heteroatoms. The van der Waals surface area contributed by atoms with E-state index in [4.69, 9.17) is 19.5 Å². The van der Waals surface area contributed by atoms with E-state index >= 15 is 0 Å². The number of carboxylic acid groups (broad SMARTS) is 1. The summed E-state index contributed by atoms with van der Waals surface area (Å²) in [5.41, 5.74) is 3.37. The molecule has 35 heavy (non-hydrogen) atoms. The molecule has 2 unspecified atom stereocenters. The maximum atomic E-state index is 11.4. The number of rotatable bonds is 12. The van der Waals surface area contributed by atoms with Gasteiger partial charge < -0.3 is 24.4 Å². The monoisotopic (exact) mass is 475 g/mol. The van der Waals surface area contributed by atoms with Crippen molar-refractivity contribution in [3.05, 3.63) is 83.9 Å². The Morgan fingerprint density at radius 3 is 2.09 bits per heavy atom. The van der Waals surface area contributed by atoms with Crippen LogP contribution in [0.2, 0.25) is 0 Å². The second kappa shape index (κ2) is 12.6. The van der Waals surface area contributed by atoms with Crippen LogP contribution in [0, 0.1) is 11.3 Å². The molecule has 182 valence electrons. The average molecular weight is 476 g/mol. The summed E-state index contributed by atoms with van der Waals surface area (Å²) < 4.78 is 16.8. The lowest BCUT2D eigenvalue weighted by molar-refractivity contribution is -0.153. The van der Waals surface area contributed by atoms with E-state index in [2.05, 4.69) is 6.07 Å². The molecule has 3 aromatic carbocycles. The van der Waals surface area contributed by atoms with Crippen molar-refractivity contribution in [2.45, 2.75) is 38.6 Å². The third kappa shape index (κ3) is 8.14. The molecule has 0 spiro atoms. The van der Waals surface area contributed by atoms with Crippen LogP contribution in [0.5, 0.6) is 11.5 Å². The van der Waals surface area contributed by atoms with Crippen molar-refractivity contribution < 1.29 is 29.2 Å². The van der Waals surface area contributed by atoms with Gasteiger partial charge in [-0.1, -0.05) is 36.4 Å². The molecule has 0 aliphatic carbocycles. The van der Waals surface area contributed by atoms with Gasteiger partial charge in [0.15, 0.2) is 6.10 Å². The van der Waals surface area contributed by atoms with Crippen LogP contribution in [0.3, 0.4) is 0 Å². The van der Waals surface area contributed by atoms with E-state index in [0.29, 0.717) is 17.1 Å². The van der Waals surface area contributed by atoms with Gasteiger partial charge in [-0.3, -0.25) is 0 Å². The van der Waals surface area contributed by atoms with Crippen molar-refractivity contribution in [1.82, 2.24) is 0 Å². The Kier molecular flexibility index (Phi) is 9.24. The van der Waals surface area contributed by atoms with Crippen molar-refractivity contribution in [1.29, 1.82) is 5.26 Å². The Morgan fingerprint density at radius 2 is 1.51 bits per heavy atom. The predicted molar refractivity (Wildman–Crippen MR) is 131 cm³/mol. The standard InChI is InChI=1S/C28H29NO6/c1-19(2)35-27(28(31)32)15-21-4-3-5-26(14-21)34-18-24(30)17-33-25-12-10-23(11-13-25)22-8-6-20(16-29)7-9-22/h3-14,19,24,27,30H,15,17-18H2,1-2H3,(H,31,32). The number of aliphatic hydroxyl groups excluding tert-OH is 1. The summed E-state index contributed by atoms with van der Waals surface area (Å²) in [5, 5.41) is 28.5. The first-order valence-electron chi connectivity index (χ1n) is 11.4. The number of hydrogen-bond acceptors (Lipinski definition) is 6. The van der Waals surface area contributed by atoms with Gasteiger partial charge in [0, 0.05) is 6.42 Å². The summed E-state index contributed by atoms with van der Waals surface area (Å²) in [4.78, 5) is 11.4. The normalized spacial score (nSPS) is 12.5. The van der Waals surface area contributed by atoms with Gasteiger partial charge in [0.25, 0.3) is 0 Å². The largest absolute Gasteiger partial charge is 0.491 e. The molecule has 2 N–H and O–H groups in total. The molecule has 0 saturated heterocycles. The zero-order valence-corrected chi connectivity index (χ0v) is 19.8. The number of carboxylic acids is 1. The number of benzene rings is 3. The molecule has 0 bridgehead atoms. The SMILES string of the molecule is CC(C)OC(Cc1cccc(OCC(O)COc2ccc(-c3ccc(C#N)cc3)cc2)c1)C(=O)O. The number of nitriles is 1. The minimum Gasteiger partial charge on any atom is -0.491 e. The Labute approximate surface area is 205 Å². The van der Waals surface area contributed by atoms with Crippen molar-refractivity contribution in [3.8, 4) is 28.7 Å². The van der Waals surface area contributed by atoms with Gasteiger partial charge in [-0.25, -0.2) is 4.79 Å². The van der Waals surface area contributed by atoms with Crippen LogP contribution < -0.4 is 9.47 Å². The zero-order chi connectivity index (χ0) is 25.2. The lowest BCUT2D eigenvalue weighted by Crippen LogP contribution is -2.29. The third-order valence-corrected chi connectivity index (χ3v) is 5.12. The molecule has 3 rings (SSSR count). The Morgan fingerprint density at radius 1 is 0.914 bits per heavy atom. The van der Waals surface area contributed by atoms with Crippen molar-refractivity contribution in [3.63, 3.8) is 0 Å². The first-order valence-corrected chi connectivity index (χ1v) is 11.4. The van der Waals surface area contributed by atoms with Crippen LogP contribution in [0.4, 0.5) is 0 Å². The van der Waals surface area contributed by atoms with Crippen molar-refractivity contribution in [2.75, 3.05) is 13.2 Å². The molecule has 3 aromatic rings. The highest BCUT2D eigenvalue weighted by Gasteiger charge is 2.20. The van der Waals surface area contributed by atoms with Crippen LogP contribution >= 0.6 is 0 Å². The quantitative estimate of drug-likeness (QED) is 0.398. The number of ether oxygens (including phenoxy) is 3. The van der Waals surface area contributed by atoms with Gasteiger partial charge in [0.2, 0.25) is 0 Å². The second-order valence-corrected chi connectivity index (χ2v) is 8.35. The summed E-state index contributed by atoms with van der Waals surface area (Å²) in [6, 6.07) is 24.0. The number of carbonyl (C=O) groups is 1. The van der Waals surface area contributed by atoms with Gasteiger partial charge in [-0.05, 0) is 66.9 Å². The van der Waals surface area contributed by atoms with Crippen molar-refractivity contribution >= 4 is 5.97 Å². The Balaban J connectivity index is 1.48. The molecule has 0 heterocycles. The van der Waals surface area contributed by atoms with Crippen LogP contribution in [0.25, 0.3) is 11.1 Å². The van der Waals surface area contributed by atoms with E-state index in [1.807, 2.05) is 42.5 Å². The maximum Gasteiger partial charge on any atom is 0.333 e. The van der Waals surface area contributed by atoms with Crippen LogP contribution in [0.15, 0.2) is 72.8 Å². The first kappa shape index (κ1) is 25.8. The molecule has 0 aliphatic heterocycles. The fourth-order valence-electron chi connectivity index (χ4n) is 3.41. The minimum absolute atomic E-state index is 0.0254. The van der Waals surface area contributed by atoms with E-state index in [9.17, 15) is 15.0 Å². The molecule has 0 aromatic heterocycles. The summed E-state index contributed by atoms with van der Waals surface area (Å²) >= 11 is 0. The Hall–Kier alpha value is -3.86. The number of nitrogens with zero attached hydrogens (tertiary/aromatic N) is 1. The van der Waals surface area contributed by atoms with E-state index in [0.717, 1.165) is 16.7 Å². The van der Waals surface area contributed by atoms with Crippen LogP contribution in [-0.2, 0) is 16.0 Å². The lowest BCUT2D eigenvalue weighted by Gasteiger charge is -2.17. The van der Waals surface area contributed by atoms with Gasteiger partial charge in [0.05, 0.1) is 17.7 Å². The number of aliphatic hydroxyl groups is 1. The molecule has 7 nitrogen and oxygen atoms in total. The summed E-state index contributed by atoms with van der Waals surface area (Å²) in [5.74, 6) is 0.137. The first-order chi connectivity index (χ1) is 16.8. The van der Waals surface area contributed by atoms with E-state index < -0.39 is 18.2 Å². The van der Waals surface area contributed by atoms with E-state index in [1.54, 1.807) is 44.2 Å². The summed E-state index contributed by atoms with van der Waals surface area (Å²) in [6.07, 6.45) is -1.77. The Bertz CT molecular complexity index is 1140. The number of hydrogen-bond donors (Lipinski definition) is 2. The molecule has 0 aliphatic rings. The van der Waals surface area contributed by atoms with Crippen molar-refractivity contribution in [2.24, 2.45) is 0 Å². The fourth-order valence-corrected chi connectivity index (χ4v) is 3.41. The number of aliphatic carboxylic acids is 1. The fraction of sp³-hybridized carbons (Fsp3) is 0.286. The molecular formula is C28H29NO6. The molecular weight excluding hydrogens is 446 g/mol. The predicted octanol–water partition coefficient (Wildman–Crippen LogP) is 4.46. The maximum absolute atomic E-state index is 11.4. The molecule has 0 fully saturated rings. The highest BCUT2D eigenvalue weighted by molar-refractivity contribution is 5.72. The van der Waals surface area contributed by atoms with Gasteiger partial charge in [0.1, 0.15) is 30.8 Å². The topological polar surface area (TPSA) is 109 Å². The minimum atomic E-state index is -1.01. The molecule has 0 radical (unpaired) electrons. The highest BCUT2D eigenvalue weighted by atomic mass is 16.5. The van der Waals surface area contributed by atoms with E-state index in [1.165, 1.54) is 0 Å². The summed E-state index contributed by atoms with van der Waals surface area (Å²) in [6.45, 7) is 3.67. The van der Waals surface area contributed by atoms with E-state index in [-0.39, 0.29) is 25.7 Å². The third-order valence-electron chi connectivity index (χ3n) is 5.12. The molecule has 2 atom stereocenters.